The molecule has 0 spiro atoms. The Bertz CT molecular complexity index is 607. The topological polar surface area (TPSA) is 12.0 Å². The minimum absolute atomic E-state index is 0.0171. The van der Waals surface area contributed by atoms with Crippen LogP contribution < -0.4 is 5.32 Å². The summed E-state index contributed by atoms with van der Waals surface area (Å²) in [6.07, 6.45) is 0. The zero-order chi connectivity index (χ0) is 15.2. The molecule has 0 bridgehead atoms. The molecule has 0 aliphatic rings. The number of hydrogen-bond donors (Lipinski definition) is 1. The van der Waals surface area contributed by atoms with E-state index >= 15 is 0 Å². The Hall–Kier alpha value is -0.360. The summed E-state index contributed by atoms with van der Waals surface area (Å²) in [6.45, 7) is 2.84. The summed E-state index contributed by atoms with van der Waals surface area (Å²) in [7, 11) is 0. The maximum absolute atomic E-state index is 14.3. The largest absolute Gasteiger partial charge is 0.309 e. The Balaban J connectivity index is 2.14. The van der Waals surface area contributed by atoms with Crippen molar-refractivity contribution < 1.29 is 4.39 Å². The number of thioether (sulfide) groups is 1. The molecule has 0 fully saturated rings. The van der Waals surface area contributed by atoms with Crippen molar-refractivity contribution in [1.82, 2.24) is 5.32 Å². The van der Waals surface area contributed by atoms with Gasteiger partial charge in [0, 0.05) is 26.7 Å². The van der Waals surface area contributed by atoms with E-state index in [-0.39, 0.29) is 11.9 Å². The molecule has 1 N–H and O–H groups in total. The van der Waals surface area contributed by atoms with Gasteiger partial charge in [-0.25, -0.2) is 4.39 Å². The maximum Gasteiger partial charge on any atom is 0.142 e. The third kappa shape index (κ3) is 4.81. The fourth-order valence-electron chi connectivity index (χ4n) is 2.03. The Morgan fingerprint density at radius 3 is 2.67 bits per heavy atom. The van der Waals surface area contributed by atoms with Crippen LogP contribution in [-0.4, -0.2) is 12.3 Å². The van der Waals surface area contributed by atoms with Crippen LogP contribution in [0.5, 0.6) is 0 Å². The molecule has 0 amide bonds. The molecule has 0 radical (unpaired) electrons. The first-order valence-corrected chi connectivity index (χ1v) is 9.24. The summed E-state index contributed by atoms with van der Waals surface area (Å²) >= 11 is 8.44. The summed E-state index contributed by atoms with van der Waals surface area (Å²) in [4.78, 5) is 1.17. The number of rotatable bonds is 6. The monoisotopic (exact) mass is 431 g/mol. The fraction of sp³-hybridized carbons (Fsp3) is 0.250. The van der Waals surface area contributed by atoms with Gasteiger partial charge in [0.2, 0.25) is 0 Å². The molecule has 21 heavy (non-hydrogen) atoms. The molecule has 0 heterocycles. The second-order valence-electron chi connectivity index (χ2n) is 4.52. The molecule has 0 saturated carbocycles. The average molecular weight is 433 g/mol. The molecule has 2 aromatic carbocycles. The number of benzene rings is 2. The van der Waals surface area contributed by atoms with Crippen LogP contribution in [0.4, 0.5) is 4.39 Å². The SMILES string of the molecule is CCNC(CSc1cccc(Br)c1)c1cccc(Br)c1F. The first-order valence-electron chi connectivity index (χ1n) is 6.67. The van der Waals surface area contributed by atoms with Gasteiger partial charge in [0.25, 0.3) is 0 Å². The van der Waals surface area contributed by atoms with Gasteiger partial charge in [-0.05, 0) is 46.7 Å². The van der Waals surface area contributed by atoms with Crippen molar-refractivity contribution in [3.8, 4) is 0 Å². The lowest BCUT2D eigenvalue weighted by atomic mass is 10.1. The molecule has 5 heteroatoms. The Morgan fingerprint density at radius 1 is 1.19 bits per heavy atom. The zero-order valence-corrected chi connectivity index (χ0v) is 15.6. The van der Waals surface area contributed by atoms with Crippen LogP contribution in [-0.2, 0) is 0 Å². The molecule has 0 aromatic heterocycles. The van der Waals surface area contributed by atoms with Gasteiger partial charge >= 0.3 is 0 Å². The van der Waals surface area contributed by atoms with E-state index < -0.39 is 0 Å². The van der Waals surface area contributed by atoms with Gasteiger partial charge in [0.1, 0.15) is 5.82 Å². The predicted molar refractivity (Wildman–Crippen MR) is 95.4 cm³/mol. The first-order chi connectivity index (χ1) is 10.1. The molecular weight excluding hydrogens is 417 g/mol. The van der Waals surface area contributed by atoms with E-state index in [2.05, 4.69) is 49.3 Å². The molecule has 1 nitrogen and oxygen atoms in total. The second-order valence-corrected chi connectivity index (χ2v) is 7.39. The van der Waals surface area contributed by atoms with E-state index in [0.29, 0.717) is 10.0 Å². The van der Waals surface area contributed by atoms with Crippen LogP contribution in [0.3, 0.4) is 0 Å². The lowest BCUT2D eigenvalue weighted by Gasteiger charge is -2.19. The predicted octanol–water partition coefficient (Wildman–Crippen LogP) is 5.79. The van der Waals surface area contributed by atoms with Gasteiger partial charge in [-0.15, -0.1) is 11.8 Å². The molecular formula is C16H16Br2FNS. The standard InChI is InChI=1S/C16H16Br2FNS/c1-2-20-15(13-7-4-8-14(18)16(13)19)10-21-12-6-3-5-11(17)9-12/h3-9,15,20H,2,10H2,1H3. The Labute approximate surface area is 146 Å². The minimum Gasteiger partial charge on any atom is -0.309 e. The van der Waals surface area contributed by atoms with Crippen molar-refractivity contribution in [3.05, 3.63) is 62.8 Å². The molecule has 0 aliphatic heterocycles. The average Bonchev–Trinajstić information content (AvgIpc) is 2.47. The van der Waals surface area contributed by atoms with E-state index in [1.807, 2.05) is 31.2 Å². The van der Waals surface area contributed by atoms with Crippen LogP contribution in [0, 0.1) is 5.82 Å². The molecule has 2 rings (SSSR count). The van der Waals surface area contributed by atoms with Gasteiger partial charge in [-0.1, -0.05) is 41.1 Å². The summed E-state index contributed by atoms with van der Waals surface area (Å²) in [6, 6.07) is 13.6. The van der Waals surface area contributed by atoms with E-state index in [0.717, 1.165) is 16.8 Å². The smallest absolute Gasteiger partial charge is 0.142 e. The van der Waals surface area contributed by atoms with Gasteiger partial charge in [0.05, 0.1) is 4.47 Å². The van der Waals surface area contributed by atoms with Gasteiger partial charge in [-0.3, -0.25) is 0 Å². The first kappa shape index (κ1) is 17.0. The van der Waals surface area contributed by atoms with Crippen LogP contribution in [0.2, 0.25) is 0 Å². The normalized spacial score (nSPS) is 12.4. The Morgan fingerprint density at radius 2 is 1.95 bits per heavy atom. The fourth-order valence-corrected chi connectivity index (χ4v) is 4.00. The Kier molecular flexibility index (Phi) is 6.74. The van der Waals surface area contributed by atoms with E-state index in [4.69, 9.17) is 0 Å². The third-order valence-electron chi connectivity index (χ3n) is 3.02. The van der Waals surface area contributed by atoms with Crippen LogP contribution in [0.15, 0.2) is 56.3 Å². The van der Waals surface area contributed by atoms with Crippen molar-refractivity contribution in [2.75, 3.05) is 12.3 Å². The lowest BCUT2D eigenvalue weighted by Crippen LogP contribution is -2.24. The van der Waals surface area contributed by atoms with Crippen LogP contribution >= 0.6 is 43.6 Å². The van der Waals surface area contributed by atoms with Gasteiger partial charge < -0.3 is 5.32 Å². The van der Waals surface area contributed by atoms with Crippen LogP contribution in [0.1, 0.15) is 18.5 Å². The van der Waals surface area contributed by atoms with Crippen molar-refractivity contribution in [2.24, 2.45) is 0 Å². The van der Waals surface area contributed by atoms with E-state index in [1.165, 1.54) is 4.90 Å². The van der Waals surface area contributed by atoms with Crippen LogP contribution in [0.25, 0.3) is 0 Å². The van der Waals surface area contributed by atoms with Gasteiger partial charge in [0.15, 0.2) is 0 Å². The summed E-state index contributed by atoms with van der Waals surface area (Å²) in [5.41, 5.74) is 0.703. The molecule has 2 aromatic rings. The van der Waals surface area contributed by atoms with Gasteiger partial charge in [-0.2, -0.15) is 0 Å². The highest BCUT2D eigenvalue weighted by Crippen LogP contribution is 2.29. The second kappa shape index (κ2) is 8.32. The number of nitrogens with one attached hydrogen (secondary N) is 1. The maximum atomic E-state index is 14.3. The van der Waals surface area contributed by atoms with E-state index in [1.54, 1.807) is 17.8 Å². The number of halogens is 3. The molecule has 112 valence electrons. The zero-order valence-electron chi connectivity index (χ0n) is 11.6. The highest BCUT2D eigenvalue weighted by atomic mass is 79.9. The summed E-state index contributed by atoms with van der Waals surface area (Å²) < 4.78 is 15.8. The highest BCUT2D eigenvalue weighted by molar-refractivity contribution is 9.10. The summed E-state index contributed by atoms with van der Waals surface area (Å²) in [5, 5.41) is 3.36. The number of hydrogen-bond acceptors (Lipinski definition) is 2. The molecule has 1 atom stereocenters. The molecule has 0 aliphatic carbocycles. The summed E-state index contributed by atoms with van der Waals surface area (Å²) in [5.74, 6) is 0.593. The van der Waals surface area contributed by atoms with Crippen molar-refractivity contribution in [3.63, 3.8) is 0 Å². The molecule has 1 unspecified atom stereocenters. The highest BCUT2D eigenvalue weighted by Gasteiger charge is 2.16. The van der Waals surface area contributed by atoms with Crippen molar-refractivity contribution in [2.45, 2.75) is 17.9 Å². The quantitative estimate of drug-likeness (QED) is 0.579. The van der Waals surface area contributed by atoms with Crippen molar-refractivity contribution in [1.29, 1.82) is 0 Å². The van der Waals surface area contributed by atoms with Crippen molar-refractivity contribution >= 4 is 43.6 Å². The van der Waals surface area contributed by atoms with E-state index in [9.17, 15) is 4.39 Å². The minimum atomic E-state index is -0.182. The lowest BCUT2D eigenvalue weighted by molar-refractivity contribution is 0.542. The third-order valence-corrected chi connectivity index (χ3v) is 5.21. The molecule has 0 saturated heterocycles.